The van der Waals surface area contributed by atoms with Gasteiger partial charge in [0.1, 0.15) is 13.2 Å². The summed E-state index contributed by atoms with van der Waals surface area (Å²) in [4.78, 5) is 18.1. The second-order valence-electron chi connectivity index (χ2n) is 7.53. The zero-order valence-corrected chi connectivity index (χ0v) is 18.3. The minimum absolute atomic E-state index is 0.0623. The molecule has 31 heavy (non-hydrogen) atoms. The van der Waals surface area contributed by atoms with Crippen LogP contribution in [0.1, 0.15) is 18.5 Å². The molecular formula is C20H22N4O5S2. The number of amides is 1. The van der Waals surface area contributed by atoms with E-state index in [1.807, 2.05) is 22.2 Å². The maximum atomic E-state index is 13.0. The van der Waals surface area contributed by atoms with E-state index in [9.17, 15) is 13.2 Å². The standard InChI is InChI=1S/C20H22N4O5S2/c25-19(21-12-15-13-23-7-10-30-20(23)22-15)14-3-5-24(6-4-14)31(26,27)16-1-2-17-18(11-16)29-9-8-28-17/h1-2,7,10-11,13-14H,3-6,8-9,12H2,(H,21,25). The molecule has 0 atom stereocenters. The second-order valence-corrected chi connectivity index (χ2v) is 10.3. The van der Waals surface area contributed by atoms with Gasteiger partial charge in [0.05, 0.1) is 17.1 Å². The van der Waals surface area contributed by atoms with Crippen molar-refractivity contribution in [3.8, 4) is 11.5 Å². The van der Waals surface area contributed by atoms with Crippen LogP contribution in [0.4, 0.5) is 0 Å². The van der Waals surface area contributed by atoms with Crippen LogP contribution in [0, 0.1) is 5.92 Å². The zero-order valence-electron chi connectivity index (χ0n) is 16.7. The molecule has 11 heteroatoms. The molecule has 164 valence electrons. The van der Waals surface area contributed by atoms with E-state index in [2.05, 4.69) is 10.3 Å². The number of sulfonamides is 1. The molecule has 3 aromatic rings. The number of nitrogens with zero attached hydrogens (tertiary/aromatic N) is 3. The quantitative estimate of drug-likeness (QED) is 0.621. The lowest BCUT2D eigenvalue weighted by atomic mass is 9.97. The van der Waals surface area contributed by atoms with Crippen molar-refractivity contribution in [3.05, 3.63) is 41.7 Å². The first kappa shape index (κ1) is 20.3. The van der Waals surface area contributed by atoms with Crippen molar-refractivity contribution in [2.75, 3.05) is 26.3 Å². The lowest BCUT2D eigenvalue weighted by Gasteiger charge is -2.30. The van der Waals surface area contributed by atoms with Gasteiger partial charge in [0.25, 0.3) is 0 Å². The largest absolute Gasteiger partial charge is 0.486 e. The number of hydrogen-bond donors (Lipinski definition) is 1. The van der Waals surface area contributed by atoms with Crippen molar-refractivity contribution >= 4 is 32.2 Å². The Morgan fingerprint density at radius 1 is 1.19 bits per heavy atom. The fraction of sp³-hybridized carbons (Fsp3) is 0.400. The molecule has 1 amide bonds. The van der Waals surface area contributed by atoms with Gasteiger partial charge in [0, 0.05) is 42.8 Å². The topological polar surface area (TPSA) is 102 Å². The normalized spacial score (nSPS) is 17.7. The number of carbonyl (C=O) groups excluding carboxylic acids is 1. The van der Waals surface area contributed by atoms with Gasteiger partial charge in [-0.15, -0.1) is 11.3 Å². The van der Waals surface area contributed by atoms with Crippen molar-refractivity contribution in [1.82, 2.24) is 19.0 Å². The summed E-state index contributed by atoms with van der Waals surface area (Å²) < 4.78 is 40.4. The van der Waals surface area contributed by atoms with Crippen LogP contribution in [0.3, 0.4) is 0 Å². The first-order chi connectivity index (χ1) is 15.0. The van der Waals surface area contributed by atoms with Gasteiger partial charge >= 0.3 is 0 Å². The van der Waals surface area contributed by atoms with Gasteiger partial charge in [-0.05, 0) is 25.0 Å². The van der Waals surface area contributed by atoms with E-state index < -0.39 is 10.0 Å². The monoisotopic (exact) mass is 462 g/mol. The fourth-order valence-electron chi connectivity index (χ4n) is 3.87. The third-order valence-corrected chi connectivity index (χ3v) is 8.23. The summed E-state index contributed by atoms with van der Waals surface area (Å²) in [5.41, 5.74) is 0.804. The van der Waals surface area contributed by atoms with E-state index in [4.69, 9.17) is 9.47 Å². The molecule has 0 aliphatic carbocycles. The van der Waals surface area contributed by atoms with E-state index in [-0.39, 0.29) is 16.7 Å². The first-order valence-corrected chi connectivity index (χ1v) is 12.4. The molecule has 0 spiro atoms. The molecule has 0 radical (unpaired) electrons. The zero-order chi connectivity index (χ0) is 21.4. The number of imidazole rings is 1. The van der Waals surface area contributed by atoms with Crippen molar-refractivity contribution < 1.29 is 22.7 Å². The number of carbonyl (C=O) groups is 1. The first-order valence-electron chi connectivity index (χ1n) is 10.1. The number of aromatic nitrogens is 2. The van der Waals surface area contributed by atoms with Gasteiger partial charge in [-0.1, -0.05) is 0 Å². The Morgan fingerprint density at radius 3 is 2.74 bits per heavy atom. The third-order valence-electron chi connectivity index (χ3n) is 5.56. The summed E-state index contributed by atoms with van der Waals surface area (Å²) in [7, 11) is -3.65. The maximum absolute atomic E-state index is 13.0. The lowest BCUT2D eigenvalue weighted by molar-refractivity contribution is -0.126. The average Bonchev–Trinajstić information content (AvgIpc) is 3.39. The predicted molar refractivity (Wildman–Crippen MR) is 114 cm³/mol. The number of fused-ring (bicyclic) bond motifs is 2. The Kier molecular flexibility index (Phi) is 5.32. The van der Waals surface area contributed by atoms with Crippen LogP contribution in [0.2, 0.25) is 0 Å². The van der Waals surface area contributed by atoms with Gasteiger partial charge in [-0.25, -0.2) is 13.4 Å². The number of ether oxygens (including phenoxy) is 2. The molecule has 5 rings (SSSR count). The number of piperidine rings is 1. The van der Waals surface area contributed by atoms with Gasteiger partial charge in [0.2, 0.25) is 15.9 Å². The summed E-state index contributed by atoms with van der Waals surface area (Å²) >= 11 is 1.54. The SMILES string of the molecule is O=C(NCc1cn2ccsc2n1)C1CCN(S(=O)(=O)c2ccc3c(c2)OCCO3)CC1. The minimum Gasteiger partial charge on any atom is -0.486 e. The summed E-state index contributed by atoms with van der Waals surface area (Å²) in [6.45, 7) is 1.81. The Bertz CT molecular complexity index is 1180. The highest BCUT2D eigenvalue weighted by Crippen LogP contribution is 2.34. The summed E-state index contributed by atoms with van der Waals surface area (Å²) in [5.74, 6) is 0.724. The third kappa shape index (κ3) is 4.00. The molecule has 2 aliphatic rings. The van der Waals surface area contributed by atoms with Crippen LogP contribution in [0.15, 0.2) is 40.9 Å². The molecule has 1 aromatic carbocycles. The molecule has 1 fully saturated rings. The number of rotatable bonds is 5. The van der Waals surface area contributed by atoms with E-state index in [1.165, 1.54) is 16.4 Å². The predicted octanol–water partition coefficient (Wildman–Crippen LogP) is 1.88. The number of nitrogens with one attached hydrogen (secondary N) is 1. The summed E-state index contributed by atoms with van der Waals surface area (Å²) in [6.07, 6.45) is 4.78. The highest BCUT2D eigenvalue weighted by molar-refractivity contribution is 7.89. The average molecular weight is 463 g/mol. The lowest BCUT2D eigenvalue weighted by Crippen LogP contribution is -2.42. The fourth-order valence-corrected chi connectivity index (χ4v) is 6.08. The van der Waals surface area contributed by atoms with Crippen LogP contribution in [-0.4, -0.2) is 54.3 Å². The number of benzene rings is 1. The van der Waals surface area contributed by atoms with Crippen molar-refractivity contribution in [2.24, 2.45) is 5.92 Å². The van der Waals surface area contributed by atoms with Crippen LogP contribution in [-0.2, 0) is 21.4 Å². The molecule has 0 unspecified atom stereocenters. The van der Waals surface area contributed by atoms with E-state index >= 15 is 0 Å². The highest BCUT2D eigenvalue weighted by atomic mass is 32.2. The van der Waals surface area contributed by atoms with Gasteiger partial charge in [-0.3, -0.25) is 9.20 Å². The van der Waals surface area contributed by atoms with Crippen molar-refractivity contribution in [3.63, 3.8) is 0 Å². The second kappa shape index (κ2) is 8.13. The molecule has 9 nitrogen and oxygen atoms in total. The number of hydrogen-bond acceptors (Lipinski definition) is 7. The van der Waals surface area contributed by atoms with Crippen molar-refractivity contribution in [1.29, 1.82) is 0 Å². The molecule has 2 aromatic heterocycles. The highest BCUT2D eigenvalue weighted by Gasteiger charge is 2.32. The molecule has 4 heterocycles. The maximum Gasteiger partial charge on any atom is 0.243 e. The van der Waals surface area contributed by atoms with E-state index in [1.54, 1.807) is 17.4 Å². The minimum atomic E-state index is -3.65. The van der Waals surface area contributed by atoms with Crippen LogP contribution in [0.5, 0.6) is 11.5 Å². The van der Waals surface area contributed by atoms with Crippen LogP contribution < -0.4 is 14.8 Å². The Labute approximate surface area is 183 Å². The van der Waals surface area contributed by atoms with Crippen molar-refractivity contribution in [2.45, 2.75) is 24.3 Å². The molecular weight excluding hydrogens is 440 g/mol. The molecule has 0 bridgehead atoms. The Balaban J connectivity index is 1.18. The van der Waals surface area contributed by atoms with E-state index in [0.29, 0.717) is 57.2 Å². The van der Waals surface area contributed by atoms with Crippen LogP contribution in [0.25, 0.3) is 4.96 Å². The molecule has 1 saturated heterocycles. The van der Waals surface area contributed by atoms with E-state index in [0.717, 1.165) is 10.7 Å². The molecule has 1 N–H and O–H groups in total. The van der Waals surface area contributed by atoms with Gasteiger partial charge in [0.15, 0.2) is 16.5 Å². The smallest absolute Gasteiger partial charge is 0.243 e. The van der Waals surface area contributed by atoms with Gasteiger partial charge in [-0.2, -0.15) is 4.31 Å². The Hall–Kier alpha value is -2.63. The summed E-state index contributed by atoms with van der Waals surface area (Å²) in [6, 6.07) is 4.68. The van der Waals surface area contributed by atoms with Crippen LogP contribution >= 0.6 is 11.3 Å². The molecule has 0 saturated carbocycles. The Morgan fingerprint density at radius 2 is 1.97 bits per heavy atom. The summed E-state index contributed by atoms with van der Waals surface area (Å²) in [5, 5.41) is 4.89. The van der Waals surface area contributed by atoms with Gasteiger partial charge < -0.3 is 14.8 Å². The molecule has 2 aliphatic heterocycles. The number of thiazole rings is 1.